The van der Waals surface area contributed by atoms with Crippen LogP contribution in [0.2, 0.25) is 5.02 Å². The molecule has 0 bridgehead atoms. The molecule has 3 aromatic rings. The molecule has 0 radical (unpaired) electrons. The molecule has 2 aromatic carbocycles. The molecule has 28 heavy (non-hydrogen) atoms. The first-order chi connectivity index (χ1) is 13.5. The van der Waals surface area contributed by atoms with E-state index < -0.39 is 0 Å². The first-order valence-electron chi connectivity index (χ1n) is 9.07. The van der Waals surface area contributed by atoms with Gasteiger partial charge in [-0.05, 0) is 38.0 Å². The zero-order valence-electron chi connectivity index (χ0n) is 16.2. The van der Waals surface area contributed by atoms with E-state index >= 15 is 0 Å². The van der Waals surface area contributed by atoms with Crippen LogP contribution in [-0.4, -0.2) is 40.9 Å². The van der Waals surface area contributed by atoms with E-state index in [-0.39, 0.29) is 11.7 Å². The molecule has 0 spiro atoms. The Morgan fingerprint density at radius 3 is 2.64 bits per heavy atom. The molecule has 0 unspecified atom stereocenters. The molecular weight excluding hydrogens is 376 g/mol. The molecule has 0 aliphatic rings. The average Bonchev–Trinajstić information content (AvgIpc) is 3.13. The summed E-state index contributed by atoms with van der Waals surface area (Å²) in [7, 11) is 1.63. The smallest absolute Gasteiger partial charge is 0.290 e. The van der Waals surface area contributed by atoms with E-state index in [1.807, 2.05) is 56.3 Å². The molecule has 0 aliphatic carbocycles. The Labute approximate surface area is 169 Å². The van der Waals surface area contributed by atoms with Crippen molar-refractivity contribution < 1.29 is 9.53 Å². The second kappa shape index (κ2) is 8.99. The second-order valence-corrected chi connectivity index (χ2v) is 7.01. The monoisotopic (exact) mass is 398 g/mol. The number of methoxy groups -OCH3 is 1. The topological polar surface area (TPSA) is 69.0 Å². The van der Waals surface area contributed by atoms with Crippen LogP contribution in [0.25, 0.3) is 17.1 Å². The standard InChI is InChI=1S/C21H23ClN4O2/c1-14-5-8-16(9-6-14)20-24-19(21(27)23-11-4-12-28-3)25-26(20)18-13-17(22)10-7-15(18)2/h5-10,13H,4,11-12H2,1-3H3,(H,23,27). The van der Waals surface area contributed by atoms with E-state index in [0.717, 1.165) is 28.8 Å². The van der Waals surface area contributed by atoms with Crippen molar-refractivity contribution in [2.24, 2.45) is 0 Å². The summed E-state index contributed by atoms with van der Waals surface area (Å²) in [5.74, 6) is 0.391. The highest BCUT2D eigenvalue weighted by molar-refractivity contribution is 6.30. The van der Waals surface area contributed by atoms with Gasteiger partial charge in [-0.3, -0.25) is 4.79 Å². The maximum Gasteiger partial charge on any atom is 0.290 e. The Kier molecular flexibility index (Phi) is 6.44. The zero-order chi connectivity index (χ0) is 20.1. The Balaban J connectivity index is 2.01. The highest BCUT2D eigenvalue weighted by Gasteiger charge is 2.19. The van der Waals surface area contributed by atoms with Crippen molar-refractivity contribution in [3.8, 4) is 17.1 Å². The first-order valence-corrected chi connectivity index (χ1v) is 9.45. The summed E-state index contributed by atoms with van der Waals surface area (Å²) in [4.78, 5) is 17.0. The number of carbonyl (C=O) groups is 1. The van der Waals surface area contributed by atoms with Gasteiger partial charge in [0.15, 0.2) is 5.82 Å². The van der Waals surface area contributed by atoms with Crippen LogP contribution in [0.3, 0.4) is 0 Å². The number of halogens is 1. The van der Waals surface area contributed by atoms with E-state index in [1.165, 1.54) is 0 Å². The third-order valence-electron chi connectivity index (χ3n) is 4.33. The number of nitrogens with zero attached hydrogens (tertiary/aromatic N) is 3. The lowest BCUT2D eigenvalue weighted by Crippen LogP contribution is -2.26. The summed E-state index contributed by atoms with van der Waals surface area (Å²) < 4.78 is 6.68. The number of ether oxygens (including phenoxy) is 1. The number of nitrogens with one attached hydrogen (secondary N) is 1. The Bertz CT molecular complexity index is 967. The van der Waals surface area contributed by atoms with Crippen LogP contribution in [0.4, 0.5) is 0 Å². The lowest BCUT2D eigenvalue weighted by Gasteiger charge is -2.09. The van der Waals surface area contributed by atoms with Crippen LogP contribution in [0.15, 0.2) is 42.5 Å². The Morgan fingerprint density at radius 2 is 1.93 bits per heavy atom. The van der Waals surface area contributed by atoms with Gasteiger partial charge in [0.25, 0.3) is 5.91 Å². The molecule has 1 aromatic heterocycles. The molecule has 1 N–H and O–H groups in total. The van der Waals surface area contributed by atoms with Crippen molar-refractivity contribution in [1.29, 1.82) is 0 Å². The molecular formula is C21H23ClN4O2. The largest absolute Gasteiger partial charge is 0.385 e. The Morgan fingerprint density at radius 1 is 1.18 bits per heavy atom. The van der Waals surface area contributed by atoms with E-state index in [9.17, 15) is 4.79 Å². The molecule has 0 aliphatic heterocycles. The molecule has 1 heterocycles. The molecule has 0 atom stereocenters. The molecule has 3 rings (SSSR count). The van der Waals surface area contributed by atoms with Crippen molar-refractivity contribution in [1.82, 2.24) is 20.1 Å². The van der Waals surface area contributed by atoms with Gasteiger partial charge in [-0.1, -0.05) is 47.5 Å². The number of hydrogen-bond donors (Lipinski definition) is 1. The lowest BCUT2D eigenvalue weighted by atomic mass is 10.1. The van der Waals surface area contributed by atoms with Crippen molar-refractivity contribution in [3.05, 3.63) is 64.4 Å². The number of rotatable bonds is 7. The minimum absolute atomic E-state index is 0.118. The van der Waals surface area contributed by atoms with Gasteiger partial charge >= 0.3 is 0 Å². The number of aryl methyl sites for hydroxylation is 2. The van der Waals surface area contributed by atoms with Crippen LogP contribution >= 0.6 is 11.6 Å². The highest BCUT2D eigenvalue weighted by atomic mass is 35.5. The summed E-state index contributed by atoms with van der Waals surface area (Å²) in [5.41, 5.74) is 3.78. The maximum absolute atomic E-state index is 12.5. The molecule has 0 fully saturated rings. The third kappa shape index (κ3) is 4.58. The fraction of sp³-hybridized carbons (Fsp3) is 0.286. The SMILES string of the molecule is COCCCNC(=O)c1nc(-c2ccc(C)cc2)n(-c2cc(Cl)ccc2C)n1. The second-order valence-electron chi connectivity index (χ2n) is 6.57. The predicted octanol–water partition coefficient (Wildman–Crippen LogP) is 3.97. The fourth-order valence-electron chi connectivity index (χ4n) is 2.77. The fourth-order valence-corrected chi connectivity index (χ4v) is 2.94. The van der Waals surface area contributed by atoms with Gasteiger partial charge in [0, 0.05) is 30.8 Å². The average molecular weight is 399 g/mol. The van der Waals surface area contributed by atoms with Crippen LogP contribution in [-0.2, 0) is 4.74 Å². The van der Waals surface area contributed by atoms with Gasteiger partial charge in [-0.15, -0.1) is 5.10 Å². The number of benzene rings is 2. The third-order valence-corrected chi connectivity index (χ3v) is 4.57. The number of carbonyl (C=O) groups excluding carboxylic acids is 1. The van der Waals surface area contributed by atoms with E-state index in [0.29, 0.717) is 24.0 Å². The first kappa shape index (κ1) is 20.0. The minimum atomic E-state index is -0.317. The molecule has 0 saturated carbocycles. The van der Waals surface area contributed by atoms with Crippen molar-refractivity contribution in [3.63, 3.8) is 0 Å². The van der Waals surface area contributed by atoms with E-state index in [2.05, 4.69) is 15.4 Å². The van der Waals surface area contributed by atoms with Crippen molar-refractivity contribution in [2.45, 2.75) is 20.3 Å². The molecule has 146 valence electrons. The maximum atomic E-state index is 12.5. The van der Waals surface area contributed by atoms with Gasteiger partial charge < -0.3 is 10.1 Å². The number of amides is 1. The van der Waals surface area contributed by atoms with E-state index in [1.54, 1.807) is 11.8 Å². The lowest BCUT2D eigenvalue weighted by molar-refractivity contribution is 0.0938. The predicted molar refractivity (Wildman–Crippen MR) is 110 cm³/mol. The van der Waals surface area contributed by atoms with Crippen LogP contribution < -0.4 is 5.32 Å². The number of aromatic nitrogens is 3. The van der Waals surface area contributed by atoms with Crippen molar-refractivity contribution >= 4 is 17.5 Å². The highest BCUT2D eigenvalue weighted by Crippen LogP contribution is 2.25. The van der Waals surface area contributed by atoms with Gasteiger partial charge in [-0.25, -0.2) is 9.67 Å². The minimum Gasteiger partial charge on any atom is -0.385 e. The van der Waals surface area contributed by atoms with Crippen molar-refractivity contribution in [2.75, 3.05) is 20.3 Å². The van der Waals surface area contributed by atoms with Gasteiger partial charge in [0.1, 0.15) is 0 Å². The summed E-state index contributed by atoms with van der Waals surface area (Å²) in [5, 5.41) is 7.91. The Hall–Kier alpha value is -2.70. The molecule has 6 nitrogen and oxygen atoms in total. The normalized spacial score (nSPS) is 10.9. The summed E-state index contributed by atoms with van der Waals surface area (Å²) in [6.07, 6.45) is 0.723. The van der Waals surface area contributed by atoms with Gasteiger partial charge in [0.2, 0.25) is 5.82 Å². The van der Waals surface area contributed by atoms with E-state index in [4.69, 9.17) is 16.3 Å². The summed E-state index contributed by atoms with van der Waals surface area (Å²) in [6, 6.07) is 13.5. The van der Waals surface area contributed by atoms with Gasteiger partial charge in [-0.2, -0.15) is 0 Å². The van der Waals surface area contributed by atoms with Gasteiger partial charge in [0.05, 0.1) is 5.69 Å². The van der Waals surface area contributed by atoms with Crippen LogP contribution in [0, 0.1) is 13.8 Å². The summed E-state index contributed by atoms with van der Waals surface area (Å²) in [6.45, 7) is 5.07. The molecule has 7 heteroatoms. The molecule has 0 saturated heterocycles. The number of hydrogen-bond acceptors (Lipinski definition) is 4. The summed E-state index contributed by atoms with van der Waals surface area (Å²) >= 11 is 6.20. The molecule has 1 amide bonds. The quantitative estimate of drug-likeness (QED) is 0.611. The zero-order valence-corrected chi connectivity index (χ0v) is 17.0. The van der Waals surface area contributed by atoms with Crippen LogP contribution in [0.1, 0.15) is 28.2 Å². The van der Waals surface area contributed by atoms with Crippen LogP contribution in [0.5, 0.6) is 0 Å².